The minimum absolute atomic E-state index is 0.237. The minimum Gasteiger partial charge on any atom is -0.469 e. The maximum Gasteiger partial charge on any atom is 0.105 e. The molecule has 0 spiro atoms. The van der Waals surface area contributed by atoms with E-state index in [1.54, 1.807) is 6.26 Å². The van der Waals surface area contributed by atoms with Gasteiger partial charge < -0.3 is 10.2 Å². The van der Waals surface area contributed by atoms with E-state index in [1.807, 2.05) is 12.1 Å². The van der Waals surface area contributed by atoms with E-state index >= 15 is 0 Å². The molecule has 0 amide bonds. The van der Waals surface area contributed by atoms with Crippen LogP contribution in [0.4, 0.5) is 0 Å². The topological polar surface area (TPSA) is 39.2 Å². The van der Waals surface area contributed by atoms with E-state index in [0.717, 1.165) is 12.2 Å². The third-order valence-electron chi connectivity index (χ3n) is 4.12. The van der Waals surface area contributed by atoms with Crippen LogP contribution in [-0.4, -0.2) is 6.04 Å². The summed E-state index contributed by atoms with van der Waals surface area (Å²) in [7, 11) is 0. The van der Waals surface area contributed by atoms with Crippen molar-refractivity contribution < 1.29 is 4.42 Å². The van der Waals surface area contributed by atoms with Gasteiger partial charge in [-0.15, -0.1) is 0 Å². The molecule has 1 aromatic heterocycles. The first-order valence-electron chi connectivity index (χ1n) is 6.37. The van der Waals surface area contributed by atoms with E-state index < -0.39 is 0 Å². The Labute approximate surface area is 98.2 Å². The average molecular weight is 221 g/mol. The average Bonchev–Trinajstić information content (AvgIpc) is 2.69. The summed E-state index contributed by atoms with van der Waals surface area (Å²) in [6.07, 6.45) is 7.88. The Bertz CT molecular complexity index is 315. The molecule has 0 saturated heterocycles. The molecule has 1 aliphatic carbocycles. The van der Waals surface area contributed by atoms with Crippen LogP contribution in [0.5, 0.6) is 0 Å². The second-order valence-electron chi connectivity index (χ2n) is 5.79. The normalized spacial score (nSPS) is 26.6. The summed E-state index contributed by atoms with van der Waals surface area (Å²) in [5.41, 5.74) is 6.75. The van der Waals surface area contributed by atoms with Gasteiger partial charge in [-0.3, -0.25) is 0 Å². The maximum absolute atomic E-state index is 6.36. The minimum atomic E-state index is 0.237. The third kappa shape index (κ3) is 2.49. The molecular formula is C14H23NO. The van der Waals surface area contributed by atoms with Gasteiger partial charge >= 0.3 is 0 Å². The number of furan rings is 1. The van der Waals surface area contributed by atoms with Crippen LogP contribution < -0.4 is 5.73 Å². The van der Waals surface area contributed by atoms with E-state index in [9.17, 15) is 0 Å². The van der Waals surface area contributed by atoms with Gasteiger partial charge in [0.25, 0.3) is 0 Å². The first kappa shape index (κ1) is 11.7. The summed E-state index contributed by atoms with van der Waals surface area (Å²) < 4.78 is 5.38. The lowest BCUT2D eigenvalue weighted by atomic mass is 9.65. The molecular weight excluding hydrogens is 198 g/mol. The molecule has 0 aromatic carbocycles. The van der Waals surface area contributed by atoms with Crippen LogP contribution in [0.15, 0.2) is 22.8 Å². The molecule has 0 radical (unpaired) electrons. The van der Waals surface area contributed by atoms with Crippen molar-refractivity contribution in [2.75, 3.05) is 0 Å². The number of nitrogens with two attached hydrogens (primary N) is 1. The molecule has 90 valence electrons. The van der Waals surface area contributed by atoms with Crippen molar-refractivity contribution in [3.05, 3.63) is 24.2 Å². The summed E-state index contributed by atoms with van der Waals surface area (Å²) in [5.74, 6) is 1.65. The fourth-order valence-electron chi connectivity index (χ4n) is 3.12. The van der Waals surface area contributed by atoms with Gasteiger partial charge in [-0.05, 0) is 36.3 Å². The van der Waals surface area contributed by atoms with Crippen LogP contribution in [0.25, 0.3) is 0 Å². The lowest BCUT2D eigenvalue weighted by Gasteiger charge is -2.41. The second-order valence-corrected chi connectivity index (χ2v) is 5.79. The Morgan fingerprint density at radius 2 is 2.31 bits per heavy atom. The molecule has 16 heavy (non-hydrogen) atoms. The van der Waals surface area contributed by atoms with Crippen LogP contribution >= 0.6 is 0 Å². The van der Waals surface area contributed by atoms with Gasteiger partial charge in [-0.2, -0.15) is 0 Å². The lowest BCUT2D eigenvalue weighted by Crippen LogP contribution is -2.42. The molecule has 1 aliphatic rings. The monoisotopic (exact) mass is 221 g/mol. The maximum atomic E-state index is 6.36. The molecule has 2 heteroatoms. The zero-order valence-corrected chi connectivity index (χ0v) is 10.4. The van der Waals surface area contributed by atoms with E-state index in [0.29, 0.717) is 11.3 Å². The molecule has 2 atom stereocenters. The predicted octanol–water partition coefficient (Wildman–Crippen LogP) is 3.37. The molecule has 2 rings (SSSR count). The predicted molar refractivity (Wildman–Crippen MR) is 66.1 cm³/mol. The number of hydrogen-bond acceptors (Lipinski definition) is 2. The molecule has 0 bridgehead atoms. The summed E-state index contributed by atoms with van der Waals surface area (Å²) in [4.78, 5) is 0. The van der Waals surface area contributed by atoms with Crippen molar-refractivity contribution in [1.82, 2.24) is 0 Å². The first-order chi connectivity index (χ1) is 7.59. The SMILES string of the molecule is CC1(C)CCCCC1C(N)Cc1ccco1. The molecule has 1 heterocycles. The van der Waals surface area contributed by atoms with Gasteiger partial charge in [-0.1, -0.05) is 26.7 Å². The summed E-state index contributed by atoms with van der Waals surface area (Å²) in [6, 6.07) is 4.20. The van der Waals surface area contributed by atoms with Crippen LogP contribution in [0.3, 0.4) is 0 Å². The van der Waals surface area contributed by atoms with Crippen LogP contribution in [-0.2, 0) is 6.42 Å². The Balaban J connectivity index is 2.00. The fraction of sp³-hybridized carbons (Fsp3) is 0.714. The standard InChI is InChI=1S/C14H23NO/c1-14(2)8-4-3-7-12(14)13(15)10-11-6-5-9-16-11/h5-6,9,12-13H,3-4,7-8,10,15H2,1-2H3. The van der Waals surface area contributed by atoms with Gasteiger partial charge in [0.2, 0.25) is 0 Å². The van der Waals surface area contributed by atoms with Crippen molar-refractivity contribution in [1.29, 1.82) is 0 Å². The van der Waals surface area contributed by atoms with Gasteiger partial charge in [0.1, 0.15) is 5.76 Å². The van der Waals surface area contributed by atoms with Crippen LogP contribution in [0, 0.1) is 11.3 Å². The fourth-order valence-corrected chi connectivity index (χ4v) is 3.12. The molecule has 2 N–H and O–H groups in total. The zero-order valence-electron chi connectivity index (χ0n) is 10.4. The lowest BCUT2D eigenvalue weighted by molar-refractivity contribution is 0.110. The number of rotatable bonds is 3. The summed E-state index contributed by atoms with van der Waals surface area (Å²) in [5, 5.41) is 0. The van der Waals surface area contributed by atoms with Gasteiger partial charge in [-0.25, -0.2) is 0 Å². The van der Waals surface area contributed by atoms with E-state index in [4.69, 9.17) is 10.2 Å². The van der Waals surface area contributed by atoms with Crippen molar-refractivity contribution in [2.45, 2.75) is 52.0 Å². The van der Waals surface area contributed by atoms with Crippen molar-refractivity contribution in [3.63, 3.8) is 0 Å². The smallest absolute Gasteiger partial charge is 0.105 e. The van der Waals surface area contributed by atoms with Crippen LogP contribution in [0.1, 0.15) is 45.3 Å². The molecule has 0 aliphatic heterocycles. The highest BCUT2D eigenvalue weighted by atomic mass is 16.3. The van der Waals surface area contributed by atoms with Gasteiger partial charge in [0, 0.05) is 12.5 Å². The van der Waals surface area contributed by atoms with Crippen molar-refractivity contribution in [3.8, 4) is 0 Å². The highest BCUT2D eigenvalue weighted by Crippen LogP contribution is 2.42. The summed E-state index contributed by atoms with van der Waals surface area (Å²) >= 11 is 0. The molecule has 1 aromatic rings. The Hall–Kier alpha value is -0.760. The van der Waals surface area contributed by atoms with E-state index in [1.165, 1.54) is 25.7 Å². The third-order valence-corrected chi connectivity index (χ3v) is 4.12. The van der Waals surface area contributed by atoms with Gasteiger partial charge in [0.05, 0.1) is 6.26 Å². The highest BCUT2D eigenvalue weighted by molar-refractivity contribution is 5.02. The zero-order chi connectivity index (χ0) is 11.6. The second kappa shape index (κ2) is 4.62. The Kier molecular flexibility index (Phi) is 3.38. The Morgan fingerprint density at radius 3 is 2.94 bits per heavy atom. The summed E-state index contributed by atoms with van der Waals surface area (Å²) in [6.45, 7) is 4.72. The van der Waals surface area contributed by atoms with E-state index in [-0.39, 0.29) is 6.04 Å². The number of hydrogen-bond donors (Lipinski definition) is 1. The Morgan fingerprint density at radius 1 is 1.50 bits per heavy atom. The van der Waals surface area contributed by atoms with Crippen molar-refractivity contribution >= 4 is 0 Å². The van der Waals surface area contributed by atoms with Crippen molar-refractivity contribution in [2.24, 2.45) is 17.1 Å². The largest absolute Gasteiger partial charge is 0.469 e. The highest BCUT2D eigenvalue weighted by Gasteiger charge is 2.36. The van der Waals surface area contributed by atoms with Gasteiger partial charge in [0.15, 0.2) is 0 Å². The quantitative estimate of drug-likeness (QED) is 0.850. The molecule has 2 unspecified atom stereocenters. The first-order valence-corrected chi connectivity index (χ1v) is 6.37. The molecule has 1 fully saturated rings. The molecule has 2 nitrogen and oxygen atoms in total. The van der Waals surface area contributed by atoms with E-state index in [2.05, 4.69) is 13.8 Å². The molecule has 1 saturated carbocycles. The van der Waals surface area contributed by atoms with Crippen LogP contribution in [0.2, 0.25) is 0 Å².